The Kier molecular flexibility index (Phi) is 5.36. The highest BCUT2D eigenvalue weighted by Crippen LogP contribution is 2.29. The summed E-state index contributed by atoms with van der Waals surface area (Å²) in [5, 5.41) is 7.39. The Balaban J connectivity index is 1.60. The van der Waals surface area contributed by atoms with Gasteiger partial charge in [0.1, 0.15) is 5.75 Å². The molecule has 2 aromatic carbocycles. The maximum Gasteiger partial charge on any atom is 0.171 e. The SMILES string of the molecule is CC(C)Oc1ccc(NC(=S)N[C@H]2CCCc3ccccc32)cc1. The van der Waals surface area contributed by atoms with Gasteiger partial charge in [-0.15, -0.1) is 0 Å². The topological polar surface area (TPSA) is 33.3 Å². The van der Waals surface area contributed by atoms with Crippen LogP contribution in [0.2, 0.25) is 0 Å². The zero-order valence-electron chi connectivity index (χ0n) is 14.2. The standard InChI is InChI=1S/C20H24N2OS/c1-14(2)23-17-12-10-16(11-13-17)21-20(24)22-19-9-5-7-15-6-3-4-8-18(15)19/h3-4,6,8,10-14,19H,5,7,9H2,1-2H3,(H2,21,22,24)/t19-/m0/s1. The molecule has 3 rings (SSSR count). The lowest BCUT2D eigenvalue weighted by Gasteiger charge is -2.27. The fourth-order valence-corrected chi connectivity index (χ4v) is 3.38. The van der Waals surface area contributed by atoms with Crippen molar-refractivity contribution in [3.63, 3.8) is 0 Å². The van der Waals surface area contributed by atoms with Crippen molar-refractivity contribution in [3.8, 4) is 5.75 Å². The van der Waals surface area contributed by atoms with Crippen molar-refractivity contribution in [2.75, 3.05) is 5.32 Å². The van der Waals surface area contributed by atoms with Crippen LogP contribution in [0.3, 0.4) is 0 Å². The second-order valence-electron chi connectivity index (χ2n) is 6.43. The van der Waals surface area contributed by atoms with Crippen LogP contribution in [0, 0.1) is 0 Å². The first-order valence-corrected chi connectivity index (χ1v) is 8.94. The highest BCUT2D eigenvalue weighted by Gasteiger charge is 2.20. The molecule has 0 aromatic heterocycles. The molecule has 0 unspecified atom stereocenters. The van der Waals surface area contributed by atoms with E-state index < -0.39 is 0 Å². The van der Waals surface area contributed by atoms with Gasteiger partial charge in [-0.2, -0.15) is 0 Å². The molecule has 1 atom stereocenters. The summed E-state index contributed by atoms with van der Waals surface area (Å²) in [5.74, 6) is 0.871. The molecule has 4 heteroatoms. The summed E-state index contributed by atoms with van der Waals surface area (Å²) in [4.78, 5) is 0. The van der Waals surface area contributed by atoms with E-state index in [-0.39, 0.29) is 6.10 Å². The van der Waals surface area contributed by atoms with Crippen LogP contribution in [0.5, 0.6) is 5.75 Å². The Morgan fingerprint density at radius 2 is 1.88 bits per heavy atom. The molecule has 24 heavy (non-hydrogen) atoms. The second kappa shape index (κ2) is 7.67. The molecule has 2 N–H and O–H groups in total. The Morgan fingerprint density at radius 3 is 2.62 bits per heavy atom. The Hall–Kier alpha value is -2.07. The smallest absolute Gasteiger partial charge is 0.171 e. The number of aryl methyl sites for hydroxylation is 1. The van der Waals surface area contributed by atoms with Crippen molar-refractivity contribution in [1.82, 2.24) is 5.32 Å². The zero-order chi connectivity index (χ0) is 16.9. The molecular weight excluding hydrogens is 316 g/mol. The first kappa shape index (κ1) is 16.8. The number of hydrogen-bond acceptors (Lipinski definition) is 2. The average Bonchev–Trinajstić information content (AvgIpc) is 2.56. The molecule has 0 amide bonds. The van der Waals surface area contributed by atoms with Gasteiger partial charge in [0.05, 0.1) is 12.1 Å². The first-order valence-electron chi connectivity index (χ1n) is 8.54. The number of ether oxygens (including phenoxy) is 1. The van der Waals surface area contributed by atoms with Crippen molar-refractivity contribution in [2.24, 2.45) is 0 Å². The van der Waals surface area contributed by atoms with Gasteiger partial charge in [0.15, 0.2) is 5.11 Å². The summed E-state index contributed by atoms with van der Waals surface area (Å²) in [6, 6.07) is 16.8. The van der Waals surface area contributed by atoms with Gasteiger partial charge in [0.2, 0.25) is 0 Å². The van der Waals surface area contributed by atoms with Crippen LogP contribution < -0.4 is 15.4 Å². The Bertz CT molecular complexity index is 697. The number of rotatable bonds is 4. The third-order valence-electron chi connectivity index (χ3n) is 4.16. The first-order chi connectivity index (χ1) is 11.6. The monoisotopic (exact) mass is 340 g/mol. The maximum atomic E-state index is 5.66. The summed E-state index contributed by atoms with van der Waals surface area (Å²) in [7, 11) is 0. The molecule has 3 nitrogen and oxygen atoms in total. The van der Waals surface area contributed by atoms with Crippen molar-refractivity contribution < 1.29 is 4.74 Å². The van der Waals surface area contributed by atoms with E-state index >= 15 is 0 Å². The van der Waals surface area contributed by atoms with Crippen LogP contribution in [0.25, 0.3) is 0 Å². The molecule has 1 aliphatic rings. The number of fused-ring (bicyclic) bond motifs is 1. The maximum absolute atomic E-state index is 5.66. The summed E-state index contributed by atoms with van der Waals surface area (Å²) >= 11 is 5.50. The molecule has 2 aromatic rings. The number of thiocarbonyl (C=S) groups is 1. The highest BCUT2D eigenvalue weighted by atomic mass is 32.1. The quantitative estimate of drug-likeness (QED) is 0.781. The van der Waals surface area contributed by atoms with Gasteiger partial charge in [-0.25, -0.2) is 0 Å². The minimum Gasteiger partial charge on any atom is -0.491 e. The van der Waals surface area contributed by atoms with E-state index in [4.69, 9.17) is 17.0 Å². The van der Waals surface area contributed by atoms with Crippen LogP contribution >= 0.6 is 12.2 Å². The van der Waals surface area contributed by atoms with E-state index in [2.05, 4.69) is 34.9 Å². The molecule has 126 valence electrons. The molecule has 1 aliphatic carbocycles. The van der Waals surface area contributed by atoms with Gasteiger partial charge in [-0.1, -0.05) is 24.3 Å². The van der Waals surface area contributed by atoms with Crippen LogP contribution in [-0.2, 0) is 6.42 Å². The van der Waals surface area contributed by atoms with Crippen LogP contribution in [-0.4, -0.2) is 11.2 Å². The van der Waals surface area contributed by atoms with E-state index in [0.29, 0.717) is 11.2 Å². The predicted molar refractivity (Wildman–Crippen MR) is 104 cm³/mol. The molecule has 0 saturated heterocycles. The van der Waals surface area contributed by atoms with Gasteiger partial charge >= 0.3 is 0 Å². The van der Waals surface area contributed by atoms with Gasteiger partial charge < -0.3 is 15.4 Å². The fourth-order valence-electron chi connectivity index (χ4n) is 3.12. The molecule has 0 aliphatic heterocycles. The van der Waals surface area contributed by atoms with Crippen LogP contribution in [0.15, 0.2) is 48.5 Å². The van der Waals surface area contributed by atoms with E-state index in [1.54, 1.807) is 0 Å². The van der Waals surface area contributed by atoms with Crippen molar-refractivity contribution in [1.29, 1.82) is 0 Å². The summed E-state index contributed by atoms with van der Waals surface area (Å²) in [5.41, 5.74) is 3.76. The van der Waals surface area contributed by atoms with Crippen molar-refractivity contribution in [2.45, 2.75) is 45.3 Å². The lowest BCUT2D eigenvalue weighted by Crippen LogP contribution is -2.34. The minimum absolute atomic E-state index is 0.179. The van der Waals surface area contributed by atoms with E-state index in [0.717, 1.165) is 24.3 Å². The summed E-state index contributed by atoms with van der Waals surface area (Å²) in [6.45, 7) is 4.04. The lowest BCUT2D eigenvalue weighted by molar-refractivity contribution is 0.242. The van der Waals surface area contributed by atoms with Gasteiger partial charge in [-0.05, 0) is 80.7 Å². The molecule has 0 radical (unpaired) electrons. The molecule has 0 bridgehead atoms. The van der Waals surface area contributed by atoms with Crippen LogP contribution in [0.1, 0.15) is 43.9 Å². The Labute approximate surface area is 149 Å². The number of hydrogen-bond donors (Lipinski definition) is 2. The average molecular weight is 340 g/mol. The van der Waals surface area contributed by atoms with E-state index in [9.17, 15) is 0 Å². The number of nitrogens with one attached hydrogen (secondary N) is 2. The van der Waals surface area contributed by atoms with Gasteiger partial charge in [0, 0.05) is 5.69 Å². The minimum atomic E-state index is 0.179. The number of anilines is 1. The summed E-state index contributed by atoms with van der Waals surface area (Å²) in [6.07, 6.45) is 3.64. The molecule has 0 spiro atoms. The van der Waals surface area contributed by atoms with Gasteiger partial charge in [0.25, 0.3) is 0 Å². The van der Waals surface area contributed by atoms with Gasteiger partial charge in [-0.3, -0.25) is 0 Å². The molecule has 0 fully saturated rings. The molecular formula is C20H24N2OS. The lowest BCUT2D eigenvalue weighted by atomic mass is 9.88. The molecule has 0 heterocycles. The Morgan fingerprint density at radius 1 is 1.12 bits per heavy atom. The normalized spacial score (nSPS) is 16.4. The highest BCUT2D eigenvalue weighted by molar-refractivity contribution is 7.80. The predicted octanol–water partition coefficient (Wildman–Crippen LogP) is 4.84. The van der Waals surface area contributed by atoms with Crippen LogP contribution in [0.4, 0.5) is 5.69 Å². The zero-order valence-corrected chi connectivity index (χ0v) is 15.0. The fraction of sp³-hybridized carbons (Fsp3) is 0.350. The number of benzene rings is 2. The van der Waals surface area contributed by atoms with E-state index in [1.165, 1.54) is 17.5 Å². The molecule has 0 saturated carbocycles. The van der Waals surface area contributed by atoms with Crippen molar-refractivity contribution in [3.05, 3.63) is 59.7 Å². The third kappa shape index (κ3) is 4.26. The summed E-state index contributed by atoms with van der Waals surface area (Å²) < 4.78 is 5.66. The van der Waals surface area contributed by atoms with E-state index in [1.807, 2.05) is 38.1 Å². The van der Waals surface area contributed by atoms with Crippen molar-refractivity contribution >= 4 is 23.0 Å². The second-order valence-corrected chi connectivity index (χ2v) is 6.84. The largest absolute Gasteiger partial charge is 0.491 e. The third-order valence-corrected chi connectivity index (χ3v) is 4.38.